The second kappa shape index (κ2) is 6.53. The number of halogens is 2. The van der Waals surface area contributed by atoms with E-state index in [2.05, 4.69) is 25.1 Å². The summed E-state index contributed by atoms with van der Waals surface area (Å²) >= 11 is 0. The Balaban J connectivity index is 0.00000162. The van der Waals surface area contributed by atoms with Crippen molar-refractivity contribution in [1.82, 2.24) is 0 Å². The Kier molecular flexibility index (Phi) is 5.32. The van der Waals surface area contributed by atoms with E-state index >= 15 is 0 Å². The van der Waals surface area contributed by atoms with Crippen molar-refractivity contribution in [2.24, 2.45) is 5.73 Å². The minimum absolute atomic E-state index is 0. The van der Waals surface area contributed by atoms with Gasteiger partial charge in [0.15, 0.2) is 0 Å². The van der Waals surface area contributed by atoms with Crippen LogP contribution < -0.4 is 5.73 Å². The third-order valence-electron chi connectivity index (χ3n) is 2.83. The van der Waals surface area contributed by atoms with Gasteiger partial charge in [0.25, 0.3) is 0 Å². The summed E-state index contributed by atoms with van der Waals surface area (Å²) in [5, 5.41) is 0. The van der Waals surface area contributed by atoms with Crippen LogP contribution in [0.5, 0.6) is 0 Å². The van der Waals surface area contributed by atoms with Crippen LogP contribution in [0.2, 0.25) is 0 Å². The molecule has 3 heteroatoms. The SMILES string of the molecule is Cc1ccc(CCN)c(-c2ccc(F)cc2)c1.Cl. The first-order chi connectivity index (χ1) is 8.20. The molecule has 0 aliphatic heterocycles. The molecule has 18 heavy (non-hydrogen) atoms. The molecule has 2 N–H and O–H groups in total. The average molecular weight is 266 g/mol. The zero-order valence-electron chi connectivity index (χ0n) is 10.3. The number of hydrogen-bond donors (Lipinski definition) is 1. The van der Waals surface area contributed by atoms with Gasteiger partial charge < -0.3 is 5.73 Å². The highest BCUT2D eigenvalue weighted by molar-refractivity contribution is 5.85. The monoisotopic (exact) mass is 265 g/mol. The Labute approximate surface area is 113 Å². The molecule has 0 saturated carbocycles. The van der Waals surface area contributed by atoms with Crippen molar-refractivity contribution in [2.75, 3.05) is 6.54 Å². The van der Waals surface area contributed by atoms with E-state index in [1.807, 2.05) is 12.1 Å². The Morgan fingerprint density at radius 2 is 1.72 bits per heavy atom. The van der Waals surface area contributed by atoms with Gasteiger partial charge in [0.05, 0.1) is 0 Å². The molecule has 96 valence electrons. The van der Waals surface area contributed by atoms with Crippen molar-refractivity contribution in [3.63, 3.8) is 0 Å². The summed E-state index contributed by atoms with van der Waals surface area (Å²) in [6.45, 7) is 2.68. The van der Waals surface area contributed by atoms with Gasteiger partial charge in [0, 0.05) is 0 Å². The molecule has 0 heterocycles. The largest absolute Gasteiger partial charge is 0.330 e. The van der Waals surface area contributed by atoms with E-state index in [0.29, 0.717) is 6.54 Å². The molecule has 0 saturated heterocycles. The summed E-state index contributed by atoms with van der Waals surface area (Å²) in [4.78, 5) is 0. The van der Waals surface area contributed by atoms with Crippen LogP contribution in [0.1, 0.15) is 11.1 Å². The van der Waals surface area contributed by atoms with E-state index in [4.69, 9.17) is 5.73 Å². The lowest BCUT2D eigenvalue weighted by Crippen LogP contribution is -2.04. The van der Waals surface area contributed by atoms with Crippen LogP contribution in [0, 0.1) is 12.7 Å². The van der Waals surface area contributed by atoms with Crippen molar-refractivity contribution >= 4 is 12.4 Å². The number of nitrogens with two attached hydrogens (primary N) is 1. The number of hydrogen-bond acceptors (Lipinski definition) is 1. The molecule has 2 aromatic carbocycles. The second-order valence-electron chi connectivity index (χ2n) is 4.21. The van der Waals surface area contributed by atoms with E-state index in [9.17, 15) is 4.39 Å². The van der Waals surface area contributed by atoms with Crippen LogP contribution in [-0.2, 0) is 6.42 Å². The molecule has 1 nitrogen and oxygen atoms in total. The summed E-state index contributed by atoms with van der Waals surface area (Å²) in [5.74, 6) is -0.207. The van der Waals surface area contributed by atoms with Gasteiger partial charge in [-0.05, 0) is 48.7 Å². The summed E-state index contributed by atoms with van der Waals surface area (Å²) in [7, 11) is 0. The lowest BCUT2D eigenvalue weighted by molar-refractivity contribution is 0.628. The zero-order chi connectivity index (χ0) is 12.3. The normalized spacial score (nSPS) is 9.94. The Hall–Kier alpha value is -1.38. The van der Waals surface area contributed by atoms with E-state index in [0.717, 1.165) is 17.5 Å². The molecule has 0 unspecified atom stereocenters. The lowest BCUT2D eigenvalue weighted by Gasteiger charge is -2.10. The van der Waals surface area contributed by atoms with Gasteiger partial charge in [0.2, 0.25) is 0 Å². The molecule has 0 aliphatic rings. The predicted octanol–water partition coefficient (Wildman–Crippen LogP) is 3.72. The first kappa shape index (κ1) is 14.7. The topological polar surface area (TPSA) is 26.0 Å². The summed E-state index contributed by atoms with van der Waals surface area (Å²) in [6, 6.07) is 12.9. The number of rotatable bonds is 3. The smallest absolute Gasteiger partial charge is 0.123 e. The van der Waals surface area contributed by atoms with Gasteiger partial charge in [-0.2, -0.15) is 0 Å². The molecule has 0 amide bonds. The van der Waals surface area contributed by atoms with Crippen molar-refractivity contribution in [3.05, 3.63) is 59.4 Å². The van der Waals surface area contributed by atoms with E-state index < -0.39 is 0 Å². The Morgan fingerprint density at radius 1 is 1.06 bits per heavy atom. The molecular weight excluding hydrogens is 249 g/mol. The molecule has 0 aromatic heterocycles. The molecule has 2 aromatic rings. The van der Waals surface area contributed by atoms with Gasteiger partial charge in [-0.15, -0.1) is 12.4 Å². The maximum Gasteiger partial charge on any atom is 0.123 e. The summed E-state index contributed by atoms with van der Waals surface area (Å²) in [6.07, 6.45) is 0.840. The van der Waals surface area contributed by atoms with Crippen molar-refractivity contribution in [3.8, 4) is 11.1 Å². The minimum Gasteiger partial charge on any atom is -0.330 e. The Bertz CT molecular complexity index is 508. The Morgan fingerprint density at radius 3 is 2.33 bits per heavy atom. The van der Waals surface area contributed by atoms with Gasteiger partial charge >= 0.3 is 0 Å². The van der Waals surface area contributed by atoms with E-state index in [-0.39, 0.29) is 18.2 Å². The average Bonchev–Trinajstić information content (AvgIpc) is 2.33. The zero-order valence-corrected chi connectivity index (χ0v) is 11.1. The van der Waals surface area contributed by atoms with Crippen molar-refractivity contribution < 1.29 is 4.39 Å². The van der Waals surface area contributed by atoms with E-state index in [1.54, 1.807) is 0 Å². The van der Waals surface area contributed by atoms with Crippen LogP contribution in [0.4, 0.5) is 4.39 Å². The van der Waals surface area contributed by atoms with Crippen molar-refractivity contribution in [2.45, 2.75) is 13.3 Å². The predicted molar refractivity (Wildman–Crippen MR) is 76.6 cm³/mol. The highest BCUT2D eigenvalue weighted by atomic mass is 35.5. The van der Waals surface area contributed by atoms with E-state index in [1.165, 1.54) is 23.3 Å². The molecule has 0 fully saturated rings. The van der Waals surface area contributed by atoms with Crippen LogP contribution in [0.25, 0.3) is 11.1 Å². The standard InChI is InChI=1S/C15H16FN.ClH/c1-11-2-3-13(8-9-17)15(10-11)12-4-6-14(16)7-5-12;/h2-7,10H,8-9,17H2,1H3;1H. The first-order valence-corrected chi connectivity index (χ1v) is 5.76. The van der Waals surface area contributed by atoms with Gasteiger partial charge in [0.1, 0.15) is 5.82 Å². The van der Waals surface area contributed by atoms with Gasteiger partial charge in [-0.1, -0.05) is 35.9 Å². The maximum absolute atomic E-state index is 12.9. The highest BCUT2D eigenvalue weighted by Crippen LogP contribution is 2.25. The number of aryl methyl sites for hydroxylation is 1. The van der Waals surface area contributed by atoms with Gasteiger partial charge in [-0.25, -0.2) is 4.39 Å². The van der Waals surface area contributed by atoms with Crippen LogP contribution >= 0.6 is 12.4 Å². The molecule has 0 spiro atoms. The molecule has 0 radical (unpaired) electrons. The van der Waals surface area contributed by atoms with Crippen LogP contribution in [-0.4, -0.2) is 6.54 Å². The minimum atomic E-state index is -0.207. The fourth-order valence-electron chi connectivity index (χ4n) is 1.96. The molecule has 0 bridgehead atoms. The molecule has 0 atom stereocenters. The van der Waals surface area contributed by atoms with Crippen LogP contribution in [0.3, 0.4) is 0 Å². The summed E-state index contributed by atoms with van der Waals surface area (Å²) in [5.41, 5.74) is 10.2. The third kappa shape index (κ3) is 3.31. The summed E-state index contributed by atoms with van der Waals surface area (Å²) < 4.78 is 12.9. The number of benzene rings is 2. The third-order valence-corrected chi connectivity index (χ3v) is 2.83. The molecule has 0 aliphatic carbocycles. The maximum atomic E-state index is 12.9. The molecule has 2 rings (SSSR count). The van der Waals surface area contributed by atoms with Crippen LogP contribution in [0.15, 0.2) is 42.5 Å². The first-order valence-electron chi connectivity index (χ1n) is 5.76. The molecular formula is C15H17ClFN. The van der Waals surface area contributed by atoms with Crippen molar-refractivity contribution in [1.29, 1.82) is 0 Å². The highest BCUT2D eigenvalue weighted by Gasteiger charge is 2.05. The quantitative estimate of drug-likeness (QED) is 0.899. The fourth-order valence-corrected chi connectivity index (χ4v) is 1.96. The lowest BCUT2D eigenvalue weighted by atomic mass is 9.96. The second-order valence-corrected chi connectivity index (χ2v) is 4.21. The fraction of sp³-hybridized carbons (Fsp3) is 0.200. The van der Waals surface area contributed by atoms with Gasteiger partial charge in [-0.3, -0.25) is 0 Å².